The van der Waals surface area contributed by atoms with Crippen LogP contribution in [0.15, 0.2) is 67.0 Å². The Balaban J connectivity index is 1.96. The molecule has 0 radical (unpaired) electrons. The van der Waals surface area contributed by atoms with Gasteiger partial charge in [0.25, 0.3) is 0 Å². The van der Waals surface area contributed by atoms with Crippen molar-refractivity contribution in [3.8, 4) is 17.3 Å². The average molecular weight is 358 g/mol. The Morgan fingerprint density at radius 1 is 1.12 bits per heavy atom. The van der Waals surface area contributed by atoms with E-state index in [0.29, 0.717) is 12.1 Å². The van der Waals surface area contributed by atoms with Gasteiger partial charge in [-0.25, -0.2) is 0 Å². The first-order valence-electron chi connectivity index (χ1n) is 8.35. The lowest BCUT2D eigenvalue weighted by atomic mass is 10.1. The lowest BCUT2D eigenvalue weighted by molar-refractivity contribution is 0.841. The van der Waals surface area contributed by atoms with Gasteiger partial charge in [-0.3, -0.25) is 4.98 Å². The van der Waals surface area contributed by atoms with Gasteiger partial charge in [-0.2, -0.15) is 5.26 Å². The van der Waals surface area contributed by atoms with Gasteiger partial charge >= 0.3 is 0 Å². The number of nitrogens with zero attached hydrogens (tertiary/aromatic N) is 3. The Bertz CT molecular complexity index is 1140. The van der Waals surface area contributed by atoms with Gasteiger partial charge in [-0.15, -0.1) is 0 Å². The van der Waals surface area contributed by atoms with Crippen LogP contribution in [0.5, 0.6) is 0 Å². The summed E-state index contributed by atoms with van der Waals surface area (Å²) in [7, 11) is 0. The maximum absolute atomic E-state index is 9.19. The highest BCUT2D eigenvalue weighted by molar-refractivity contribution is 6.31. The molecule has 0 saturated heterocycles. The fourth-order valence-corrected chi connectivity index (χ4v) is 3.63. The predicted octanol–water partition coefficient (Wildman–Crippen LogP) is 5.59. The summed E-state index contributed by atoms with van der Waals surface area (Å²) in [5.74, 6) is 0. The molecule has 0 aliphatic rings. The highest BCUT2D eigenvalue weighted by Crippen LogP contribution is 2.35. The minimum Gasteiger partial charge on any atom is -0.336 e. The van der Waals surface area contributed by atoms with Gasteiger partial charge in [-0.05, 0) is 60.5 Å². The second-order valence-corrected chi connectivity index (χ2v) is 6.71. The fourth-order valence-electron chi connectivity index (χ4n) is 3.46. The smallest absolute Gasteiger partial charge is 0.0991 e. The largest absolute Gasteiger partial charge is 0.336 e. The van der Waals surface area contributed by atoms with E-state index in [1.165, 1.54) is 5.56 Å². The van der Waals surface area contributed by atoms with E-state index in [2.05, 4.69) is 34.7 Å². The van der Waals surface area contributed by atoms with Crippen molar-refractivity contribution in [1.82, 2.24) is 9.55 Å². The van der Waals surface area contributed by atoms with Crippen molar-refractivity contribution in [1.29, 1.82) is 5.26 Å². The zero-order valence-corrected chi connectivity index (χ0v) is 15.0. The van der Waals surface area contributed by atoms with Crippen molar-refractivity contribution in [2.45, 2.75) is 13.5 Å². The summed E-state index contributed by atoms with van der Waals surface area (Å²) in [4.78, 5) is 4.28. The number of benzene rings is 2. The SMILES string of the molecule is Cc1c(-c2cccnc2)n(Cc2cccc(C#N)c2)c2ccc(Cl)cc12. The Labute approximate surface area is 157 Å². The first-order chi connectivity index (χ1) is 12.7. The van der Waals surface area contributed by atoms with Crippen LogP contribution in [-0.4, -0.2) is 9.55 Å². The highest BCUT2D eigenvalue weighted by Gasteiger charge is 2.16. The van der Waals surface area contributed by atoms with E-state index in [9.17, 15) is 5.26 Å². The standard InChI is InChI=1S/C22H16ClN3/c1-15-20-11-19(23)7-8-21(20)26(22(15)18-6-3-9-25-13-18)14-17-5-2-4-16(10-17)12-24/h2-11,13H,14H2,1H3. The Morgan fingerprint density at radius 2 is 2.00 bits per heavy atom. The molecule has 126 valence electrons. The van der Waals surface area contributed by atoms with Crippen molar-refractivity contribution in [3.05, 3.63) is 88.7 Å². The molecule has 2 aromatic heterocycles. The normalized spacial score (nSPS) is 10.8. The highest BCUT2D eigenvalue weighted by atomic mass is 35.5. The number of hydrogen-bond acceptors (Lipinski definition) is 2. The van der Waals surface area contributed by atoms with E-state index in [0.717, 1.165) is 32.7 Å². The van der Waals surface area contributed by atoms with Crippen LogP contribution in [0.25, 0.3) is 22.2 Å². The van der Waals surface area contributed by atoms with Gasteiger partial charge in [0.15, 0.2) is 0 Å². The third kappa shape index (κ3) is 2.85. The van der Waals surface area contributed by atoms with Crippen LogP contribution in [0.3, 0.4) is 0 Å². The van der Waals surface area contributed by atoms with Gasteiger partial charge in [0.1, 0.15) is 0 Å². The molecule has 0 aliphatic carbocycles. The van der Waals surface area contributed by atoms with Crippen molar-refractivity contribution >= 4 is 22.5 Å². The molecule has 2 heterocycles. The van der Waals surface area contributed by atoms with Crippen molar-refractivity contribution in [2.75, 3.05) is 0 Å². The number of rotatable bonds is 3. The van der Waals surface area contributed by atoms with Gasteiger partial charge in [0.2, 0.25) is 0 Å². The maximum atomic E-state index is 9.19. The molecule has 0 atom stereocenters. The third-order valence-electron chi connectivity index (χ3n) is 4.61. The molecule has 0 fully saturated rings. The second-order valence-electron chi connectivity index (χ2n) is 6.28. The van der Waals surface area contributed by atoms with Crippen LogP contribution in [0.4, 0.5) is 0 Å². The number of pyridine rings is 1. The van der Waals surface area contributed by atoms with Gasteiger partial charge in [0.05, 0.1) is 17.3 Å². The molecular formula is C22H16ClN3. The topological polar surface area (TPSA) is 41.6 Å². The van der Waals surface area contributed by atoms with Gasteiger partial charge in [0, 0.05) is 40.4 Å². The third-order valence-corrected chi connectivity index (χ3v) is 4.85. The first-order valence-corrected chi connectivity index (χ1v) is 8.73. The summed E-state index contributed by atoms with van der Waals surface area (Å²) < 4.78 is 2.27. The molecule has 0 saturated carbocycles. The van der Waals surface area contributed by atoms with Crippen LogP contribution in [0.2, 0.25) is 5.02 Å². The van der Waals surface area contributed by atoms with E-state index in [1.54, 1.807) is 6.20 Å². The molecule has 2 aromatic carbocycles. The summed E-state index contributed by atoms with van der Waals surface area (Å²) >= 11 is 6.24. The summed E-state index contributed by atoms with van der Waals surface area (Å²) in [6, 6.07) is 19.9. The number of aryl methyl sites for hydroxylation is 1. The van der Waals surface area contributed by atoms with Crippen LogP contribution >= 0.6 is 11.6 Å². The fraction of sp³-hybridized carbons (Fsp3) is 0.0909. The molecule has 0 aliphatic heterocycles. The molecule has 0 bridgehead atoms. The monoisotopic (exact) mass is 357 g/mol. The Morgan fingerprint density at radius 3 is 2.77 bits per heavy atom. The quantitative estimate of drug-likeness (QED) is 0.480. The number of nitriles is 1. The molecule has 4 aromatic rings. The number of halogens is 1. The van der Waals surface area contributed by atoms with Crippen molar-refractivity contribution < 1.29 is 0 Å². The molecule has 26 heavy (non-hydrogen) atoms. The molecule has 0 unspecified atom stereocenters. The second kappa shape index (κ2) is 6.67. The lowest BCUT2D eigenvalue weighted by Crippen LogP contribution is -2.02. The number of aromatic nitrogens is 2. The lowest BCUT2D eigenvalue weighted by Gasteiger charge is -2.12. The van der Waals surface area contributed by atoms with E-state index >= 15 is 0 Å². The van der Waals surface area contributed by atoms with Crippen LogP contribution in [0, 0.1) is 18.3 Å². The summed E-state index contributed by atoms with van der Waals surface area (Å²) in [6.07, 6.45) is 3.66. The number of hydrogen-bond donors (Lipinski definition) is 0. The van der Waals surface area contributed by atoms with Crippen LogP contribution in [0.1, 0.15) is 16.7 Å². The zero-order chi connectivity index (χ0) is 18.1. The first kappa shape index (κ1) is 16.4. The minimum atomic E-state index is 0.668. The molecule has 4 heteroatoms. The number of fused-ring (bicyclic) bond motifs is 1. The molecule has 3 nitrogen and oxygen atoms in total. The van der Waals surface area contributed by atoms with Gasteiger partial charge < -0.3 is 4.57 Å². The van der Waals surface area contributed by atoms with Crippen molar-refractivity contribution in [2.24, 2.45) is 0 Å². The van der Waals surface area contributed by atoms with E-state index in [-0.39, 0.29) is 0 Å². The average Bonchev–Trinajstić information content (AvgIpc) is 2.94. The summed E-state index contributed by atoms with van der Waals surface area (Å²) in [5.41, 5.74) is 6.23. The Kier molecular flexibility index (Phi) is 4.20. The van der Waals surface area contributed by atoms with Gasteiger partial charge in [-0.1, -0.05) is 23.7 Å². The van der Waals surface area contributed by atoms with E-state index in [4.69, 9.17) is 11.6 Å². The summed E-state index contributed by atoms with van der Waals surface area (Å²) in [6.45, 7) is 2.79. The molecule has 0 spiro atoms. The van der Waals surface area contributed by atoms with E-state index in [1.807, 2.05) is 48.7 Å². The zero-order valence-electron chi connectivity index (χ0n) is 14.3. The molecule has 0 amide bonds. The molecular weight excluding hydrogens is 342 g/mol. The molecule has 4 rings (SSSR count). The minimum absolute atomic E-state index is 0.668. The van der Waals surface area contributed by atoms with Crippen LogP contribution < -0.4 is 0 Å². The maximum Gasteiger partial charge on any atom is 0.0991 e. The Hall–Kier alpha value is -3.09. The summed E-state index contributed by atoms with van der Waals surface area (Å²) in [5, 5.41) is 11.0. The predicted molar refractivity (Wildman–Crippen MR) is 105 cm³/mol. The molecule has 0 N–H and O–H groups in total. The van der Waals surface area contributed by atoms with Crippen molar-refractivity contribution in [3.63, 3.8) is 0 Å². The van der Waals surface area contributed by atoms with Crippen LogP contribution in [-0.2, 0) is 6.54 Å². The van der Waals surface area contributed by atoms with E-state index < -0.39 is 0 Å².